The summed E-state index contributed by atoms with van der Waals surface area (Å²) in [5.41, 5.74) is 2.70. The van der Waals surface area contributed by atoms with Gasteiger partial charge in [0.25, 0.3) is 17.7 Å². The van der Waals surface area contributed by atoms with Gasteiger partial charge in [-0.25, -0.2) is 0 Å². The molecule has 2 aromatic rings. The Hall–Kier alpha value is -2.99. The molecule has 2 aromatic carbocycles. The van der Waals surface area contributed by atoms with Gasteiger partial charge in [0.2, 0.25) is 0 Å². The van der Waals surface area contributed by atoms with Crippen molar-refractivity contribution in [1.29, 1.82) is 0 Å². The predicted octanol–water partition coefficient (Wildman–Crippen LogP) is 3.02. The first-order valence-electron chi connectivity index (χ1n) is 9.03. The number of amides is 3. The van der Waals surface area contributed by atoms with Crippen LogP contribution in [0.4, 0.5) is 5.69 Å². The summed E-state index contributed by atoms with van der Waals surface area (Å²) in [6.07, 6.45) is 1.71. The van der Waals surface area contributed by atoms with Gasteiger partial charge in [0, 0.05) is 17.9 Å². The van der Waals surface area contributed by atoms with E-state index in [-0.39, 0.29) is 30.4 Å². The maximum Gasteiger partial charge on any atom is 0.261 e. The summed E-state index contributed by atoms with van der Waals surface area (Å²) in [7, 11) is 0. The average Bonchev–Trinajstić information content (AvgIpc) is 3.25. The normalized spacial score (nSPS) is 18.7. The van der Waals surface area contributed by atoms with E-state index in [9.17, 15) is 14.4 Å². The van der Waals surface area contributed by atoms with E-state index in [1.54, 1.807) is 30.3 Å². The second-order valence-electron chi connectivity index (χ2n) is 6.94. The van der Waals surface area contributed by atoms with Crippen molar-refractivity contribution in [2.75, 3.05) is 18.5 Å². The number of anilines is 1. The molecule has 0 unspecified atom stereocenters. The molecule has 0 radical (unpaired) electrons. The third-order valence-corrected chi connectivity index (χ3v) is 4.92. The van der Waals surface area contributed by atoms with Crippen molar-refractivity contribution in [3.8, 4) is 0 Å². The summed E-state index contributed by atoms with van der Waals surface area (Å²) in [6, 6.07) is 12.1. The van der Waals surface area contributed by atoms with Crippen molar-refractivity contribution in [2.45, 2.75) is 25.9 Å². The summed E-state index contributed by atoms with van der Waals surface area (Å²) in [6.45, 7) is 2.86. The lowest BCUT2D eigenvalue weighted by molar-refractivity contribution is 0.0475. The quantitative estimate of drug-likeness (QED) is 0.846. The third kappa shape index (κ3) is 3.36. The Balaban J connectivity index is 1.53. The van der Waals surface area contributed by atoms with Crippen LogP contribution in [0.1, 0.15) is 49.5 Å². The van der Waals surface area contributed by atoms with Crippen molar-refractivity contribution in [2.24, 2.45) is 0 Å². The number of carbonyl (C=O) groups is 3. The molecule has 0 bridgehead atoms. The van der Waals surface area contributed by atoms with Crippen molar-refractivity contribution in [3.63, 3.8) is 0 Å². The number of hydrogen-bond donors (Lipinski definition) is 1. The molecule has 6 nitrogen and oxygen atoms in total. The van der Waals surface area contributed by atoms with Gasteiger partial charge in [0.1, 0.15) is 0 Å². The molecule has 1 N–H and O–H groups in total. The molecule has 1 saturated heterocycles. The Labute approximate surface area is 157 Å². The Bertz CT molecular complexity index is 932. The number of ether oxygens (including phenoxy) is 1. The molecule has 4 rings (SSSR count). The number of rotatable bonds is 4. The Morgan fingerprint density at radius 1 is 1.15 bits per heavy atom. The molecule has 0 saturated carbocycles. The summed E-state index contributed by atoms with van der Waals surface area (Å²) >= 11 is 0. The number of nitrogens with zero attached hydrogens (tertiary/aromatic N) is 1. The van der Waals surface area contributed by atoms with Crippen LogP contribution in [0.5, 0.6) is 0 Å². The van der Waals surface area contributed by atoms with E-state index < -0.39 is 0 Å². The SMILES string of the molecule is Cc1cccc(C(=O)Nc2ccc3c(c2)C(=O)N(C[C@H]2CCCO2)C3=O)c1. The number of hydrogen-bond acceptors (Lipinski definition) is 4. The van der Waals surface area contributed by atoms with Crippen molar-refractivity contribution in [3.05, 3.63) is 64.7 Å². The molecular formula is C21H20N2O4. The molecular weight excluding hydrogens is 344 g/mol. The first-order valence-corrected chi connectivity index (χ1v) is 9.03. The van der Waals surface area contributed by atoms with Gasteiger partial charge in [-0.2, -0.15) is 0 Å². The molecule has 0 aliphatic carbocycles. The van der Waals surface area contributed by atoms with Crippen LogP contribution in [0, 0.1) is 6.92 Å². The topological polar surface area (TPSA) is 75.7 Å². The van der Waals surface area contributed by atoms with Gasteiger partial charge in [0.05, 0.1) is 23.8 Å². The highest BCUT2D eigenvalue weighted by Crippen LogP contribution is 2.27. The van der Waals surface area contributed by atoms with E-state index in [4.69, 9.17) is 4.74 Å². The summed E-state index contributed by atoms with van der Waals surface area (Å²) in [4.78, 5) is 38.9. The van der Waals surface area contributed by atoms with Crippen LogP contribution in [0.25, 0.3) is 0 Å². The molecule has 1 fully saturated rings. The van der Waals surface area contributed by atoms with Crippen LogP contribution in [-0.2, 0) is 4.74 Å². The monoisotopic (exact) mass is 364 g/mol. The summed E-state index contributed by atoms with van der Waals surface area (Å²) < 4.78 is 5.54. The fraction of sp³-hybridized carbons (Fsp3) is 0.286. The van der Waals surface area contributed by atoms with Gasteiger partial charge in [-0.1, -0.05) is 17.7 Å². The van der Waals surface area contributed by atoms with E-state index in [1.165, 1.54) is 4.90 Å². The van der Waals surface area contributed by atoms with Crippen molar-refractivity contribution >= 4 is 23.4 Å². The maximum atomic E-state index is 12.7. The van der Waals surface area contributed by atoms with Crippen molar-refractivity contribution < 1.29 is 19.1 Å². The van der Waals surface area contributed by atoms with E-state index in [2.05, 4.69) is 5.32 Å². The molecule has 0 aromatic heterocycles. The molecule has 2 aliphatic heterocycles. The molecule has 0 spiro atoms. The molecule has 6 heteroatoms. The number of imide groups is 1. The van der Waals surface area contributed by atoms with Crippen LogP contribution in [0.3, 0.4) is 0 Å². The minimum atomic E-state index is -0.336. The fourth-order valence-corrected chi connectivity index (χ4v) is 3.52. The van der Waals surface area contributed by atoms with E-state index in [0.717, 1.165) is 18.4 Å². The number of carbonyl (C=O) groups excluding carboxylic acids is 3. The second kappa shape index (κ2) is 6.96. The Morgan fingerprint density at radius 2 is 1.96 bits per heavy atom. The molecule has 3 amide bonds. The number of benzene rings is 2. The molecule has 2 heterocycles. The lowest BCUT2D eigenvalue weighted by Crippen LogP contribution is -2.36. The summed E-state index contributed by atoms with van der Waals surface area (Å²) in [5.74, 6) is -0.897. The van der Waals surface area contributed by atoms with E-state index in [0.29, 0.717) is 29.0 Å². The van der Waals surface area contributed by atoms with Gasteiger partial charge >= 0.3 is 0 Å². The number of nitrogens with one attached hydrogen (secondary N) is 1. The van der Waals surface area contributed by atoms with Crippen LogP contribution >= 0.6 is 0 Å². The highest BCUT2D eigenvalue weighted by atomic mass is 16.5. The Kier molecular flexibility index (Phi) is 4.49. The predicted molar refractivity (Wildman–Crippen MR) is 99.9 cm³/mol. The van der Waals surface area contributed by atoms with E-state index in [1.807, 2.05) is 19.1 Å². The standard InChI is InChI=1S/C21H20N2O4/c1-13-4-2-5-14(10-13)19(24)22-15-7-8-17-18(11-15)21(26)23(20(17)25)12-16-6-3-9-27-16/h2,4-5,7-8,10-11,16H,3,6,9,12H2,1H3,(H,22,24)/t16-/m1/s1. The molecule has 1 atom stereocenters. The molecule has 27 heavy (non-hydrogen) atoms. The zero-order valence-electron chi connectivity index (χ0n) is 15.0. The fourth-order valence-electron chi connectivity index (χ4n) is 3.52. The minimum Gasteiger partial charge on any atom is -0.376 e. The van der Waals surface area contributed by atoms with Gasteiger partial charge in [-0.15, -0.1) is 0 Å². The van der Waals surface area contributed by atoms with Gasteiger partial charge in [-0.05, 0) is 50.1 Å². The second-order valence-corrected chi connectivity index (χ2v) is 6.94. The number of aryl methyl sites for hydroxylation is 1. The Morgan fingerprint density at radius 3 is 2.70 bits per heavy atom. The lowest BCUT2D eigenvalue weighted by atomic mass is 10.1. The maximum absolute atomic E-state index is 12.7. The van der Waals surface area contributed by atoms with Gasteiger partial charge in [0.15, 0.2) is 0 Å². The van der Waals surface area contributed by atoms with Crippen LogP contribution in [0.15, 0.2) is 42.5 Å². The van der Waals surface area contributed by atoms with E-state index >= 15 is 0 Å². The van der Waals surface area contributed by atoms with Crippen LogP contribution < -0.4 is 5.32 Å². The van der Waals surface area contributed by atoms with Gasteiger partial charge in [-0.3, -0.25) is 19.3 Å². The minimum absolute atomic E-state index is 0.0901. The zero-order chi connectivity index (χ0) is 19.0. The third-order valence-electron chi connectivity index (χ3n) is 4.92. The van der Waals surface area contributed by atoms with Crippen LogP contribution in [-0.4, -0.2) is 41.9 Å². The smallest absolute Gasteiger partial charge is 0.261 e. The summed E-state index contributed by atoms with van der Waals surface area (Å²) in [5, 5.41) is 2.79. The highest BCUT2D eigenvalue weighted by Gasteiger charge is 2.37. The van der Waals surface area contributed by atoms with Crippen molar-refractivity contribution in [1.82, 2.24) is 4.90 Å². The average molecular weight is 364 g/mol. The van der Waals surface area contributed by atoms with Gasteiger partial charge < -0.3 is 10.1 Å². The molecule has 138 valence electrons. The first-order chi connectivity index (χ1) is 13.0. The lowest BCUT2D eigenvalue weighted by Gasteiger charge is -2.17. The largest absolute Gasteiger partial charge is 0.376 e. The number of fused-ring (bicyclic) bond motifs is 1. The molecule has 2 aliphatic rings. The zero-order valence-corrected chi connectivity index (χ0v) is 15.0. The first kappa shape index (κ1) is 17.4. The highest BCUT2D eigenvalue weighted by molar-refractivity contribution is 6.22. The van der Waals surface area contributed by atoms with Crippen LogP contribution in [0.2, 0.25) is 0 Å².